The highest BCUT2D eigenvalue weighted by Crippen LogP contribution is 2.21. The van der Waals surface area contributed by atoms with Crippen LogP contribution in [0.1, 0.15) is 23.0 Å². The number of amides is 1. The average Bonchev–Trinajstić information content (AvgIpc) is 2.47. The maximum atomic E-state index is 12.1. The van der Waals surface area contributed by atoms with Crippen LogP contribution in [0.25, 0.3) is 0 Å². The Labute approximate surface area is 120 Å². The van der Waals surface area contributed by atoms with Crippen molar-refractivity contribution in [2.75, 3.05) is 0 Å². The molecule has 0 aliphatic heterocycles. The molecule has 1 aromatic carbocycles. The molecule has 1 heterocycles. The molecule has 3 N–H and O–H groups in total. The number of aliphatic carboxylic acids is 1. The quantitative estimate of drug-likeness (QED) is 0.783. The van der Waals surface area contributed by atoms with Crippen LogP contribution in [0.3, 0.4) is 0 Å². The number of hydrogen-bond donors (Lipinski definition) is 3. The average molecular weight is 286 g/mol. The van der Waals surface area contributed by atoms with E-state index < -0.39 is 23.0 Å². The lowest BCUT2D eigenvalue weighted by atomic mass is 9.92. The van der Waals surface area contributed by atoms with Crippen molar-refractivity contribution in [2.45, 2.75) is 12.5 Å². The van der Waals surface area contributed by atoms with Crippen molar-refractivity contribution in [3.8, 4) is 0 Å². The molecule has 6 heteroatoms. The molecule has 0 spiro atoms. The summed E-state index contributed by atoms with van der Waals surface area (Å²) in [4.78, 5) is 37.3. The number of aromatic nitrogens is 1. The van der Waals surface area contributed by atoms with Gasteiger partial charge in [0.15, 0.2) is 5.54 Å². The third kappa shape index (κ3) is 3.00. The van der Waals surface area contributed by atoms with Crippen LogP contribution in [0.4, 0.5) is 0 Å². The first-order valence-electron chi connectivity index (χ1n) is 6.24. The number of H-pyrrole nitrogens is 1. The number of carbonyl (C=O) groups is 2. The van der Waals surface area contributed by atoms with Crippen molar-refractivity contribution in [1.82, 2.24) is 10.3 Å². The molecule has 1 amide bonds. The summed E-state index contributed by atoms with van der Waals surface area (Å²) >= 11 is 0. The van der Waals surface area contributed by atoms with Gasteiger partial charge in [-0.25, -0.2) is 4.79 Å². The Hall–Kier alpha value is -2.89. The molecule has 0 aliphatic carbocycles. The highest BCUT2D eigenvalue weighted by atomic mass is 16.4. The number of carbonyl (C=O) groups excluding carboxylic acids is 1. The summed E-state index contributed by atoms with van der Waals surface area (Å²) in [5, 5.41) is 11.9. The van der Waals surface area contributed by atoms with E-state index in [9.17, 15) is 19.5 Å². The summed E-state index contributed by atoms with van der Waals surface area (Å²) in [6.07, 6.45) is 0. The minimum absolute atomic E-state index is 0.00547. The number of pyridine rings is 1. The second-order valence-corrected chi connectivity index (χ2v) is 4.68. The third-order valence-electron chi connectivity index (χ3n) is 3.16. The number of hydrogen-bond acceptors (Lipinski definition) is 3. The van der Waals surface area contributed by atoms with Gasteiger partial charge in [-0.3, -0.25) is 9.59 Å². The molecule has 2 rings (SSSR count). The fourth-order valence-corrected chi connectivity index (χ4v) is 1.90. The molecule has 0 saturated carbocycles. The first-order valence-corrected chi connectivity index (χ1v) is 6.24. The van der Waals surface area contributed by atoms with Gasteiger partial charge in [-0.1, -0.05) is 36.4 Å². The Bertz CT molecular complexity index is 724. The number of nitrogens with one attached hydrogen (secondary N) is 2. The van der Waals surface area contributed by atoms with Crippen LogP contribution in [0, 0.1) is 0 Å². The molecule has 6 nitrogen and oxygen atoms in total. The monoisotopic (exact) mass is 286 g/mol. The van der Waals surface area contributed by atoms with E-state index in [4.69, 9.17) is 0 Å². The van der Waals surface area contributed by atoms with Gasteiger partial charge in [-0.05, 0) is 18.6 Å². The predicted molar refractivity (Wildman–Crippen MR) is 76.0 cm³/mol. The molecule has 0 radical (unpaired) electrons. The Balaban J connectivity index is 2.35. The Morgan fingerprint density at radius 3 is 2.33 bits per heavy atom. The van der Waals surface area contributed by atoms with E-state index in [0.717, 1.165) is 0 Å². The van der Waals surface area contributed by atoms with Gasteiger partial charge < -0.3 is 15.4 Å². The van der Waals surface area contributed by atoms with Crippen LogP contribution in [0.2, 0.25) is 0 Å². The van der Waals surface area contributed by atoms with Gasteiger partial charge in [0.05, 0.1) is 0 Å². The molecular formula is C15H14N2O4. The lowest BCUT2D eigenvalue weighted by Crippen LogP contribution is -2.49. The van der Waals surface area contributed by atoms with Gasteiger partial charge in [-0.15, -0.1) is 0 Å². The summed E-state index contributed by atoms with van der Waals surface area (Å²) in [5.74, 6) is -1.86. The fraction of sp³-hybridized carbons (Fsp3) is 0.133. The molecule has 1 atom stereocenters. The van der Waals surface area contributed by atoms with Gasteiger partial charge in [0, 0.05) is 6.07 Å². The molecule has 0 bridgehead atoms. The summed E-state index contributed by atoms with van der Waals surface area (Å²) in [5.41, 5.74) is -1.58. The highest BCUT2D eigenvalue weighted by molar-refractivity contribution is 5.96. The van der Waals surface area contributed by atoms with E-state index in [-0.39, 0.29) is 5.69 Å². The summed E-state index contributed by atoms with van der Waals surface area (Å²) < 4.78 is 0. The zero-order chi connectivity index (χ0) is 15.5. The maximum absolute atomic E-state index is 12.1. The van der Waals surface area contributed by atoms with Crippen molar-refractivity contribution in [2.24, 2.45) is 0 Å². The van der Waals surface area contributed by atoms with Crippen molar-refractivity contribution in [3.05, 3.63) is 70.1 Å². The van der Waals surface area contributed by atoms with Crippen molar-refractivity contribution in [3.63, 3.8) is 0 Å². The normalized spacial score (nSPS) is 13.2. The molecule has 0 fully saturated rings. The summed E-state index contributed by atoms with van der Waals surface area (Å²) in [7, 11) is 0. The number of aromatic amines is 1. The first kappa shape index (κ1) is 14.5. The summed E-state index contributed by atoms with van der Waals surface area (Å²) in [6, 6.07) is 12.5. The number of benzene rings is 1. The smallest absolute Gasteiger partial charge is 0.333 e. The predicted octanol–water partition coefficient (Wildman–Crippen LogP) is 1.10. The fourth-order valence-electron chi connectivity index (χ4n) is 1.90. The van der Waals surface area contributed by atoms with Crippen molar-refractivity contribution >= 4 is 11.9 Å². The van der Waals surface area contributed by atoms with Crippen LogP contribution in [-0.2, 0) is 10.3 Å². The van der Waals surface area contributed by atoms with E-state index in [1.807, 2.05) is 0 Å². The van der Waals surface area contributed by atoms with E-state index in [2.05, 4.69) is 10.3 Å². The number of rotatable bonds is 4. The van der Waals surface area contributed by atoms with Crippen LogP contribution in [0.5, 0.6) is 0 Å². The lowest BCUT2D eigenvalue weighted by molar-refractivity contribution is -0.144. The van der Waals surface area contributed by atoms with Gasteiger partial charge in [-0.2, -0.15) is 0 Å². The molecule has 2 aromatic rings. The Kier molecular flexibility index (Phi) is 3.89. The minimum Gasteiger partial charge on any atom is -0.479 e. The molecule has 0 aliphatic rings. The Morgan fingerprint density at radius 2 is 1.76 bits per heavy atom. The second-order valence-electron chi connectivity index (χ2n) is 4.68. The van der Waals surface area contributed by atoms with Crippen LogP contribution in [-0.4, -0.2) is 22.0 Å². The minimum atomic E-state index is -1.59. The number of carboxylic acid groups (broad SMARTS) is 1. The molecule has 1 unspecified atom stereocenters. The maximum Gasteiger partial charge on any atom is 0.333 e. The van der Waals surface area contributed by atoms with E-state index in [1.165, 1.54) is 25.1 Å². The highest BCUT2D eigenvalue weighted by Gasteiger charge is 2.37. The topological polar surface area (TPSA) is 99.3 Å². The molecule has 108 valence electrons. The SMILES string of the molecule is CC(NC(=O)c1cccc(=O)[nH]1)(C(=O)O)c1ccccc1. The van der Waals surface area contributed by atoms with Gasteiger partial charge in [0.25, 0.3) is 5.91 Å². The standard InChI is InChI=1S/C15H14N2O4/c1-15(14(20)21,10-6-3-2-4-7-10)17-13(19)11-8-5-9-12(18)16-11/h2-9H,1H3,(H,16,18)(H,17,19)(H,20,21). The Morgan fingerprint density at radius 1 is 1.10 bits per heavy atom. The molecule has 0 saturated heterocycles. The zero-order valence-electron chi connectivity index (χ0n) is 11.3. The van der Waals surface area contributed by atoms with E-state index in [1.54, 1.807) is 30.3 Å². The third-order valence-corrected chi connectivity index (χ3v) is 3.16. The molecular weight excluding hydrogens is 272 g/mol. The largest absolute Gasteiger partial charge is 0.479 e. The van der Waals surface area contributed by atoms with Gasteiger partial charge >= 0.3 is 5.97 Å². The van der Waals surface area contributed by atoms with Crippen molar-refractivity contribution < 1.29 is 14.7 Å². The molecule has 1 aromatic heterocycles. The second kappa shape index (κ2) is 5.62. The van der Waals surface area contributed by atoms with Gasteiger partial charge in [0.1, 0.15) is 5.69 Å². The van der Waals surface area contributed by atoms with Crippen LogP contribution < -0.4 is 10.9 Å². The van der Waals surface area contributed by atoms with E-state index >= 15 is 0 Å². The van der Waals surface area contributed by atoms with Crippen LogP contribution >= 0.6 is 0 Å². The zero-order valence-corrected chi connectivity index (χ0v) is 11.3. The lowest BCUT2D eigenvalue weighted by Gasteiger charge is -2.26. The summed E-state index contributed by atoms with van der Waals surface area (Å²) in [6.45, 7) is 1.39. The van der Waals surface area contributed by atoms with E-state index in [0.29, 0.717) is 5.56 Å². The van der Waals surface area contributed by atoms with Gasteiger partial charge in [0.2, 0.25) is 5.56 Å². The first-order chi connectivity index (χ1) is 9.93. The number of carboxylic acids is 1. The van der Waals surface area contributed by atoms with Crippen LogP contribution in [0.15, 0.2) is 53.3 Å². The van der Waals surface area contributed by atoms with Crippen molar-refractivity contribution in [1.29, 1.82) is 0 Å². The molecule has 21 heavy (non-hydrogen) atoms.